The molecule has 1 heterocycles. The van der Waals surface area contributed by atoms with E-state index in [1.165, 1.54) is 11.1 Å². The Morgan fingerprint density at radius 3 is 2.50 bits per heavy atom. The summed E-state index contributed by atoms with van der Waals surface area (Å²) in [5.41, 5.74) is 2.72. The molecule has 0 saturated carbocycles. The average Bonchev–Trinajstić information content (AvgIpc) is 2.58. The first-order chi connectivity index (χ1) is 12.3. The van der Waals surface area contributed by atoms with Crippen LogP contribution < -0.4 is 5.32 Å². The zero-order valence-corrected chi connectivity index (χ0v) is 17.3. The molecular formula is C22H37N3O. The maximum absolute atomic E-state index is 12.0. The molecule has 0 aromatic heterocycles. The van der Waals surface area contributed by atoms with Crippen molar-refractivity contribution < 1.29 is 4.79 Å². The number of aryl methyl sites for hydroxylation is 1. The summed E-state index contributed by atoms with van der Waals surface area (Å²) in [4.78, 5) is 17.0. The van der Waals surface area contributed by atoms with E-state index in [4.69, 9.17) is 0 Å². The molecule has 0 unspecified atom stereocenters. The molecule has 1 N–H and O–H groups in total. The topological polar surface area (TPSA) is 35.6 Å². The number of benzene rings is 1. The van der Waals surface area contributed by atoms with Gasteiger partial charge in [-0.2, -0.15) is 0 Å². The molecular weight excluding hydrogens is 322 g/mol. The molecule has 0 atom stereocenters. The van der Waals surface area contributed by atoms with Gasteiger partial charge in [0.2, 0.25) is 5.91 Å². The SMILES string of the molecule is Cc1cccc(CN(C(C)C)C2CCN(CC(=O)NCC(C)C)CC2)c1. The van der Waals surface area contributed by atoms with E-state index in [0.29, 0.717) is 24.5 Å². The van der Waals surface area contributed by atoms with Crippen molar-refractivity contribution in [1.29, 1.82) is 0 Å². The Balaban J connectivity index is 1.84. The lowest BCUT2D eigenvalue weighted by molar-refractivity contribution is -0.122. The second-order valence-corrected chi connectivity index (χ2v) is 8.46. The summed E-state index contributed by atoms with van der Waals surface area (Å²) >= 11 is 0. The number of rotatable bonds is 8. The van der Waals surface area contributed by atoms with E-state index in [9.17, 15) is 4.79 Å². The van der Waals surface area contributed by atoms with Crippen LogP contribution in [0.5, 0.6) is 0 Å². The molecule has 0 spiro atoms. The molecule has 2 rings (SSSR count). The molecule has 0 radical (unpaired) electrons. The average molecular weight is 360 g/mol. The lowest BCUT2D eigenvalue weighted by Gasteiger charge is -2.40. The minimum Gasteiger partial charge on any atom is -0.355 e. The Hall–Kier alpha value is -1.39. The van der Waals surface area contributed by atoms with Gasteiger partial charge in [0.25, 0.3) is 0 Å². The van der Waals surface area contributed by atoms with Crippen LogP contribution in [0, 0.1) is 12.8 Å². The number of hydrogen-bond donors (Lipinski definition) is 1. The van der Waals surface area contributed by atoms with Crippen LogP contribution in [0.1, 0.15) is 51.7 Å². The van der Waals surface area contributed by atoms with Gasteiger partial charge in [0.1, 0.15) is 0 Å². The fourth-order valence-corrected chi connectivity index (χ4v) is 3.74. The van der Waals surface area contributed by atoms with Crippen molar-refractivity contribution >= 4 is 5.91 Å². The molecule has 0 aliphatic carbocycles. The van der Waals surface area contributed by atoms with Gasteiger partial charge in [0.15, 0.2) is 0 Å². The third-order valence-corrected chi connectivity index (χ3v) is 5.21. The van der Waals surface area contributed by atoms with Gasteiger partial charge in [0, 0.05) is 38.3 Å². The zero-order valence-electron chi connectivity index (χ0n) is 17.3. The smallest absolute Gasteiger partial charge is 0.234 e. The van der Waals surface area contributed by atoms with Crippen LogP contribution in [-0.2, 0) is 11.3 Å². The molecule has 1 aliphatic heterocycles. The van der Waals surface area contributed by atoms with E-state index in [1.54, 1.807) is 0 Å². The van der Waals surface area contributed by atoms with Crippen LogP contribution in [0.4, 0.5) is 0 Å². The molecule has 26 heavy (non-hydrogen) atoms. The highest BCUT2D eigenvalue weighted by atomic mass is 16.2. The van der Waals surface area contributed by atoms with E-state index in [2.05, 4.69) is 74.0 Å². The van der Waals surface area contributed by atoms with Crippen LogP contribution in [0.25, 0.3) is 0 Å². The van der Waals surface area contributed by atoms with Crippen LogP contribution in [-0.4, -0.2) is 54.0 Å². The van der Waals surface area contributed by atoms with E-state index in [1.807, 2.05) is 0 Å². The molecule has 146 valence electrons. The normalized spacial score (nSPS) is 16.6. The molecule has 4 heteroatoms. The van der Waals surface area contributed by atoms with Crippen molar-refractivity contribution in [3.8, 4) is 0 Å². The van der Waals surface area contributed by atoms with Gasteiger partial charge in [-0.3, -0.25) is 14.6 Å². The highest BCUT2D eigenvalue weighted by molar-refractivity contribution is 5.78. The molecule has 1 aliphatic rings. The molecule has 1 amide bonds. The van der Waals surface area contributed by atoms with Crippen LogP contribution in [0.2, 0.25) is 0 Å². The van der Waals surface area contributed by atoms with E-state index in [0.717, 1.165) is 39.0 Å². The van der Waals surface area contributed by atoms with Crippen molar-refractivity contribution in [3.63, 3.8) is 0 Å². The van der Waals surface area contributed by atoms with Gasteiger partial charge in [-0.1, -0.05) is 43.7 Å². The van der Waals surface area contributed by atoms with Crippen molar-refractivity contribution in [2.75, 3.05) is 26.2 Å². The number of carbonyl (C=O) groups excluding carboxylic acids is 1. The third kappa shape index (κ3) is 6.73. The van der Waals surface area contributed by atoms with Crippen molar-refractivity contribution in [3.05, 3.63) is 35.4 Å². The number of hydrogen-bond acceptors (Lipinski definition) is 3. The number of carbonyl (C=O) groups is 1. The van der Waals surface area contributed by atoms with Crippen molar-refractivity contribution in [1.82, 2.24) is 15.1 Å². The Bertz CT molecular complexity index is 562. The molecule has 1 aromatic rings. The maximum Gasteiger partial charge on any atom is 0.234 e. The van der Waals surface area contributed by atoms with Crippen LogP contribution >= 0.6 is 0 Å². The molecule has 4 nitrogen and oxygen atoms in total. The fourth-order valence-electron chi connectivity index (χ4n) is 3.74. The summed E-state index contributed by atoms with van der Waals surface area (Å²) in [6.45, 7) is 15.3. The predicted octanol–water partition coefficient (Wildman–Crippen LogP) is 3.44. The third-order valence-electron chi connectivity index (χ3n) is 5.21. The maximum atomic E-state index is 12.0. The molecule has 0 bridgehead atoms. The molecule has 1 saturated heterocycles. The lowest BCUT2D eigenvalue weighted by Crippen LogP contribution is -2.49. The number of piperidine rings is 1. The van der Waals surface area contributed by atoms with E-state index < -0.39 is 0 Å². The van der Waals surface area contributed by atoms with E-state index >= 15 is 0 Å². The van der Waals surface area contributed by atoms with Gasteiger partial charge >= 0.3 is 0 Å². The molecule has 1 aromatic carbocycles. The largest absolute Gasteiger partial charge is 0.355 e. The van der Waals surface area contributed by atoms with Crippen molar-refractivity contribution in [2.24, 2.45) is 5.92 Å². The first kappa shape index (κ1) is 20.9. The summed E-state index contributed by atoms with van der Waals surface area (Å²) in [7, 11) is 0. The highest BCUT2D eigenvalue weighted by Gasteiger charge is 2.27. The first-order valence-electron chi connectivity index (χ1n) is 10.2. The summed E-state index contributed by atoms with van der Waals surface area (Å²) in [6.07, 6.45) is 2.28. The fraction of sp³-hybridized carbons (Fsp3) is 0.682. The zero-order chi connectivity index (χ0) is 19.1. The monoisotopic (exact) mass is 359 g/mol. The molecule has 1 fully saturated rings. The van der Waals surface area contributed by atoms with Gasteiger partial charge in [-0.25, -0.2) is 0 Å². The van der Waals surface area contributed by atoms with Gasteiger partial charge in [-0.05, 0) is 45.1 Å². The number of nitrogens with one attached hydrogen (secondary N) is 1. The summed E-state index contributed by atoms with van der Waals surface area (Å²) < 4.78 is 0. The lowest BCUT2D eigenvalue weighted by atomic mass is 10.00. The van der Waals surface area contributed by atoms with Crippen molar-refractivity contribution in [2.45, 2.75) is 66.1 Å². The number of amides is 1. The summed E-state index contributed by atoms with van der Waals surface area (Å²) in [5, 5.41) is 3.03. The quantitative estimate of drug-likeness (QED) is 0.772. The highest BCUT2D eigenvalue weighted by Crippen LogP contribution is 2.21. The predicted molar refractivity (Wildman–Crippen MR) is 109 cm³/mol. The standard InChI is InChI=1S/C22H37N3O/c1-17(2)14-23-22(26)16-24-11-9-21(10-12-24)25(18(3)4)15-20-8-6-7-19(5)13-20/h6-8,13,17-18,21H,9-12,14-16H2,1-5H3,(H,23,26). The Morgan fingerprint density at radius 1 is 1.23 bits per heavy atom. The Kier molecular flexibility index (Phi) is 8.11. The Labute approximate surface area is 159 Å². The van der Waals surface area contributed by atoms with Gasteiger partial charge < -0.3 is 5.32 Å². The summed E-state index contributed by atoms with van der Waals surface area (Å²) in [5.74, 6) is 0.670. The van der Waals surface area contributed by atoms with Gasteiger partial charge in [-0.15, -0.1) is 0 Å². The Morgan fingerprint density at radius 2 is 1.92 bits per heavy atom. The minimum absolute atomic E-state index is 0.164. The number of nitrogens with zero attached hydrogens (tertiary/aromatic N) is 2. The van der Waals surface area contributed by atoms with E-state index in [-0.39, 0.29) is 5.91 Å². The second kappa shape index (κ2) is 10.1. The van der Waals surface area contributed by atoms with Crippen LogP contribution in [0.3, 0.4) is 0 Å². The second-order valence-electron chi connectivity index (χ2n) is 8.46. The summed E-state index contributed by atoms with van der Waals surface area (Å²) in [6, 6.07) is 9.97. The minimum atomic E-state index is 0.164. The number of likely N-dealkylation sites (tertiary alicyclic amines) is 1. The van der Waals surface area contributed by atoms with Crippen LogP contribution in [0.15, 0.2) is 24.3 Å². The first-order valence-corrected chi connectivity index (χ1v) is 10.2. The van der Waals surface area contributed by atoms with Gasteiger partial charge in [0.05, 0.1) is 6.54 Å².